The monoisotopic (exact) mass is 326 g/mol. The summed E-state index contributed by atoms with van der Waals surface area (Å²) in [6, 6.07) is 14.9. The zero-order valence-electron chi connectivity index (χ0n) is 14.2. The Bertz CT molecular complexity index is 637. The quantitative estimate of drug-likeness (QED) is 0.649. The molecule has 1 amide bonds. The Balaban J connectivity index is 1.73. The van der Waals surface area contributed by atoms with Crippen LogP contribution in [0.4, 0.5) is 11.4 Å². The van der Waals surface area contributed by atoms with E-state index in [-0.39, 0.29) is 5.91 Å². The summed E-state index contributed by atoms with van der Waals surface area (Å²) in [6.45, 7) is 5.49. The average Bonchev–Trinajstić information content (AvgIpc) is 2.59. The van der Waals surface area contributed by atoms with Crippen LogP contribution in [0.15, 0.2) is 48.5 Å². The van der Waals surface area contributed by atoms with Crippen molar-refractivity contribution >= 4 is 17.3 Å². The lowest BCUT2D eigenvalue weighted by Gasteiger charge is -2.20. The maximum absolute atomic E-state index is 12.1. The van der Waals surface area contributed by atoms with E-state index in [2.05, 4.69) is 29.3 Å². The van der Waals surface area contributed by atoms with Crippen molar-refractivity contribution < 1.29 is 4.79 Å². The first-order valence-electron chi connectivity index (χ1n) is 8.29. The van der Waals surface area contributed by atoms with Gasteiger partial charge in [0, 0.05) is 36.6 Å². The van der Waals surface area contributed by atoms with E-state index in [1.165, 1.54) is 5.56 Å². The maximum atomic E-state index is 12.1. The number of amides is 1. The Labute approximate surface area is 143 Å². The van der Waals surface area contributed by atoms with E-state index in [1.807, 2.05) is 12.1 Å². The summed E-state index contributed by atoms with van der Waals surface area (Å²) in [7, 11) is 0. The lowest BCUT2D eigenvalue weighted by Crippen LogP contribution is -2.36. The van der Waals surface area contributed by atoms with Crippen molar-refractivity contribution in [3.63, 3.8) is 0 Å². The second-order valence-electron chi connectivity index (χ2n) is 5.80. The fraction of sp³-hybridized carbons (Fsp3) is 0.316. The number of nitrogen functional groups attached to an aromatic ring is 2. The molecule has 0 unspecified atom stereocenters. The van der Waals surface area contributed by atoms with Crippen LogP contribution in [0.2, 0.25) is 0 Å². The smallest absolute Gasteiger partial charge is 0.251 e. The van der Waals surface area contributed by atoms with E-state index >= 15 is 0 Å². The normalized spacial score (nSPS) is 10.8. The molecule has 5 nitrogen and oxygen atoms in total. The molecule has 0 aromatic heterocycles. The van der Waals surface area contributed by atoms with Crippen LogP contribution in [0.1, 0.15) is 22.8 Å². The summed E-state index contributed by atoms with van der Waals surface area (Å²) in [5.74, 6) is -0.0652. The van der Waals surface area contributed by atoms with Crippen LogP contribution in [0.3, 0.4) is 0 Å². The van der Waals surface area contributed by atoms with Crippen molar-refractivity contribution in [2.45, 2.75) is 13.3 Å². The average molecular weight is 326 g/mol. The molecule has 2 aromatic carbocycles. The number of carbonyl (C=O) groups is 1. The minimum atomic E-state index is -0.0652. The third kappa shape index (κ3) is 5.59. The highest BCUT2D eigenvalue weighted by Crippen LogP contribution is 2.07. The molecule has 0 saturated heterocycles. The van der Waals surface area contributed by atoms with Gasteiger partial charge in [-0.2, -0.15) is 0 Å². The Hall–Kier alpha value is -2.53. The number of carbonyl (C=O) groups excluding carboxylic acids is 1. The van der Waals surface area contributed by atoms with Crippen LogP contribution in [0, 0.1) is 0 Å². The van der Waals surface area contributed by atoms with E-state index in [0.29, 0.717) is 17.8 Å². The highest BCUT2D eigenvalue weighted by atomic mass is 16.1. The van der Waals surface area contributed by atoms with Gasteiger partial charge in [-0.15, -0.1) is 0 Å². The maximum Gasteiger partial charge on any atom is 0.251 e. The molecule has 0 aliphatic heterocycles. The summed E-state index contributed by atoms with van der Waals surface area (Å²) in [5.41, 5.74) is 14.7. The molecule has 2 rings (SSSR count). The Morgan fingerprint density at radius 2 is 1.54 bits per heavy atom. The van der Waals surface area contributed by atoms with Crippen molar-refractivity contribution in [1.29, 1.82) is 0 Å². The molecule has 0 aliphatic carbocycles. The van der Waals surface area contributed by atoms with Crippen molar-refractivity contribution in [3.8, 4) is 0 Å². The van der Waals surface area contributed by atoms with Gasteiger partial charge in [0.25, 0.3) is 5.91 Å². The minimum absolute atomic E-state index is 0.0652. The number of nitrogens with two attached hydrogens (primary N) is 2. The van der Waals surface area contributed by atoms with Gasteiger partial charge in [0.05, 0.1) is 0 Å². The number of hydrogen-bond donors (Lipinski definition) is 3. The van der Waals surface area contributed by atoms with E-state index in [0.717, 1.165) is 31.7 Å². The molecular formula is C19H26N4O. The van der Waals surface area contributed by atoms with Crippen LogP contribution in [0.25, 0.3) is 0 Å². The molecule has 0 bridgehead atoms. The number of nitrogens with one attached hydrogen (secondary N) is 1. The molecule has 0 radical (unpaired) electrons. The number of hydrogen-bond acceptors (Lipinski definition) is 4. The van der Waals surface area contributed by atoms with Gasteiger partial charge < -0.3 is 21.7 Å². The van der Waals surface area contributed by atoms with Crippen LogP contribution in [-0.2, 0) is 6.42 Å². The van der Waals surface area contributed by atoms with Gasteiger partial charge in [0.2, 0.25) is 0 Å². The first-order chi connectivity index (χ1) is 11.6. The Morgan fingerprint density at radius 3 is 2.12 bits per heavy atom. The molecule has 2 aromatic rings. The lowest BCUT2D eigenvalue weighted by molar-refractivity contribution is 0.0948. The molecule has 24 heavy (non-hydrogen) atoms. The fourth-order valence-electron chi connectivity index (χ4n) is 2.46. The predicted octanol–water partition coefficient (Wildman–Crippen LogP) is 2.15. The molecule has 0 spiro atoms. The van der Waals surface area contributed by atoms with E-state index in [4.69, 9.17) is 11.5 Å². The van der Waals surface area contributed by atoms with E-state index < -0.39 is 0 Å². The number of benzene rings is 2. The molecule has 128 valence electrons. The molecule has 0 saturated carbocycles. The van der Waals surface area contributed by atoms with E-state index in [1.54, 1.807) is 24.3 Å². The highest BCUT2D eigenvalue weighted by Gasteiger charge is 2.07. The van der Waals surface area contributed by atoms with Crippen LogP contribution in [0.5, 0.6) is 0 Å². The van der Waals surface area contributed by atoms with Crippen LogP contribution < -0.4 is 16.8 Å². The minimum Gasteiger partial charge on any atom is -0.399 e. The van der Waals surface area contributed by atoms with Crippen LogP contribution in [-0.4, -0.2) is 37.0 Å². The van der Waals surface area contributed by atoms with E-state index in [9.17, 15) is 4.79 Å². The number of rotatable bonds is 8. The first-order valence-corrected chi connectivity index (χ1v) is 8.29. The van der Waals surface area contributed by atoms with Gasteiger partial charge in [-0.1, -0.05) is 19.1 Å². The van der Waals surface area contributed by atoms with Crippen molar-refractivity contribution in [2.75, 3.05) is 37.6 Å². The third-order valence-corrected chi connectivity index (χ3v) is 4.03. The summed E-state index contributed by atoms with van der Waals surface area (Å²) >= 11 is 0. The van der Waals surface area contributed by atoms with Crippen molar-refractivity contribution in [3.05, 3.63) is 59.7 Å². The SMILES string of the molecule is CCN(CCNC(=O)c1ccc(N)cc1)CCc1ccc(N)cc1. The molecule has 0 heterocycles. The van der Waals surface area contributed by atoms with Crippen molar-refractivity contribution in [2.24, 2.45) is 0 Å². The molecule has 0 fully saturated rings. The second kappa shape index (κ2) is 8.93. The summed E-state index contributed by atoms with van der Waals surface area (Å²) in [4.78, 5) is 14.4. The second-order valence-corrected chi connectivity index (χ2v) is 5.80. The van der Waals surface area contributed by atoms with Gasteiger partial charge in [-0.05, 0) is 54.9 Å². The Kier molecular flexibility index (Phi) is 6.63. The first kappa shape index (κ1) is 17.8. The van der Waals surface area contributed by atoms with Gasteiger partial charge in [-0.25, -0.2) is 0 Å². The summed E-state index contributed by atoms with van der Waals surface area (Å²) < 4.78 is 0. The lowest BCUT2D eigenvalue weighted by atomic mass is 10.1. The zero-order valence-corrected chi connectivity index (χ0v) is 14.2. The number of likely N-dealkylation sites (N-methyl/N-ethyl adjacent to an activating group) is 1. The number of nitrogens with zero attached hydrogens (tertiary/aromatic N) is 1. The third-order valence-electron chi connectivity index (χ3n) is 4.03. The summed E-state index contributed by atoms with van der Waals surface area (Å²) in [5, 5.41) is 2.95. The van der Waals surface area contributed by atoms with Crippen molar-refractivity contribution in [1.82, 2.24) is 10.2 Å². The predicted molar refractivity (Wildman–Crippen MR) is 99.9 cm³/mol. The molecule has 5 N–H and O–H groups in total. The van der Waals surface area contributed by atoms with Gasteiger partial charge in [0.15, 0.2) is 0 Å². The molecule has 5 heteroatoms. The largest absolute Gasteiger partial charge is 0.399 e. The zero-order chi connectivity index (χ0) is 17.4. The standard InChI is InChI=1S/C19H26N4O/c1-2-23(13-11-15-3-7-17(20)8-4-15)14-12-22-19(24)16-5-9-18(21)10-6-16/h3-10H,2,11-14,20-21H2,1H3,(H,22,24). The molecule has 0 atom stereocenters. The molecular weight excluding hydrogens is 300 g/mol. The highest BCUT2D eigenvalue weighted by molar-refractivity contribution is 5.94. The number of anilines is 2. The molecule has 0 aliphatic rings. The topological polar surface area (TPSA) is 84.4 Å². The van der Waals surface area contributed by atoms with Gasteiger partial charge in [-0.3, -0.25) is 4.79 Å². The fourth-order valence-corrected chi connectivity index (χ4v) is 2.46. The van der Waals surface area contributed by atoms with Crippen LogP contribution >= 0.6 is 0 Å². The summed E-state index contributed by atoms with van der Waals surface area (Å²) in [6.07, 6.45) is 0.972. The Morgan fingerprint density at radius 1 is 0.958 bits per heavy atom. The van der Waals surface area contributed by atoms with Gasteiger partial charge >= 0.3 is 0 Å². The van der Waals surface area contributed by atoms with Gasteiger partial charge in [0.1, 0.15) is 0 Å².